The molecule has 0 saturated heterocycles. The van der Waals surface area contributed by atoms with Crippen LogP contribution in [0.15, 0.2) is 5.16 Å². The smallest absolute Gasteiger partial charge is 0.140 e. The van der Waals surface area contributed by atoms with Crippen LogP contribution >= 0.6 is 0 Å². The minimum atomic E-state index is 0.338. The minimum Gasteiger partial charge on any atom is -0.409 e. The number of hydrogen-bond donors (Lipinski definition) is 3. The van der Waals surface area contributed by atoms with Crippen molar-refractivity contribution in [3.05, 3.63) is 0 Å². The summed E-state index contributed by atoms with van der Waals surface area (Å²) in [5.41, 5.74) is 5.57. The van der Waals surface area contributed by atoms with Crippen LogP contribution in [0.1, 0.15) is 45.4 Å². The van der Waals surface area contributed by atoms with Gasteiger partial charge in [-0.15, -0.1) is 0 Å². The molecule has 2 fully saturated rings. The van der Waals surface area contributed by atoms with Gasteiger partial charge in [-0.3, -0.25) is 0 Å². The van der Waals surface area contributed by atoms with Gasteiger partial charge in [0.1, 0.15) is 5.84 Å². The maximum absolute atomic E-state index is 8.59. The number of hydrogen-bond acceptors (Lipinski definition) is 3. The van der Waals surface area contributed by atoms with Crippen molar-refractivity contribution in [2.75, 3.05) is 0 Å². The minimum absolute atomic E-state index is 0.338. The van der Waals surface area contributed by atoms with Gasteiger partial charge in [0.2, 0.25) is 0 Å². The highest BCUT2D eigenvalue weighted by Crippen LogP contribution is 2.44. The second-order valence-electron chi connectivity index (χ2n) is 5.27. The summed E-state index contributed by atoms with van der Waals surface area (Å²) in [6.07, 6.45) is 7.22. The summed E-state index contributed by atoms with van der Waals surface area (Å²) in [7, 11) is 0. The molecule has 0 aromatic rings. The van der Waals surface area contributed by atoms with Crippen LogP contribution in [0.5, 0.6) is 0 Å². The van der Waals surface area contributed by atoms with Crippen LogP contribution in [-0.4, -0.2) is 23.1 Å². The zero-order valence-electron chi connectivity index (χ0n) is 10.0. The van der Waals surface area contributed by atoms with Crippen LogP contribution in [-0.2, 0) is 0 Å². The first kappa shape index (κ1) is 11.7. The lowest BCUT2D eigenvalue weighted by Crippen LogP contribution is -2.42. The highest BCUT2D eigenvalue weighted by Gasteiger charge is 2.41. The molecular formula is C12H23N3O. The molecule has 2 rings (SSSR count). The van der Waals surface area contributed by atoms with E-state index in [0.717, 1.165) is 18.3 Å². The molecule has 0 aromatic carbocycles. The summed E-state index contributed by atoms with van der Waals surface area (Å²) in [4.78, 5) is 0. The van der Waals surface area contributed by atoms with E-state index in [-0.39, 0.29) is 0 Å². The summed E-state index contributed by atoms with van der Waals surface area (Å²) in [5, 5.41) is 15.4. The van der Waals surface area contributed by atoms with E-state index in [2.05, 4.69) is 17.4 Å². The largest absolute Gasteiger partial charge is 0.409 e. The number of rotatable bonds is 7. The number of amidine groups is 1. The van der Waals surface area contributed by atoms with Gasteiger partial charge in [-0.25, -0.2) is 0 Å². The van der Waals surface area contributed by atoms with Crippen LogP contribution in [0.2, 0.25) is 0 Å². The molecule has 1 atom stereocenters. The van der Waals surface area contributed by atoms with Gasteiger partial charge >= 0.3 is 0 Å². The van der Waals surface area contributed by atoms with Gasteiger partial charge in [0, 0.05) is 18.5 Å². The molecule has 0 radical (unpaired) electrons. The molecule has 2 aliphatic rings. The highest BCUT2D eigenvalue weighted by molar-refractivity contribution is 5.80. The molecule has 0 amide bonds. The first-order valence-corrected chi connectivity index (χ1v) is 6.47. The lowest BCUT2D eigenvalue weighted by atomic mass is 10.0. The molecule has 2 saturated carbocycles. The Balaban J connectivity index is 1.83. The van der Waals surface area contributed by atoms with Gasteiger partial charge in [-0.1, -0.05) is 12.1 Å². The summed E-state index contributed by atoms with van der Waals surface area (Å²) >= 11 is 0. The van der Waals surface area contributed by atoms with Crippen molar-refractivity contribution < 1.29 is 5.21 Å². The Bertz CT molecular complexity index is 247. The van der Waals surface area contributed by atoms with E-state index in [4.69, 9.17) is 10.9 Å². The zero-order valence-corrected chi connectivity index (χ0v) is 10.0. The maximum atomic E-state index is 8.59. The van der Waals surface area contributed by atoms with Gasteiger partial charge in [0.15, 0.2) is 0 Å². The quantitative estimate of drug-likeness (QED) is 0.267. The molecule has 4 nitrogen and oxygen atoms in total. The van der Waals surface area contributed by atoms with E-state index in [1.54, 1.807) is 0 Å². The van der Waals surface area contributed by atoms with E-state index >= 15 is 0 Å². The SMILES string of the molecule is CCC(CC(N)=NO)NC(C1CC1)C1CC1. The molecule has 0 heterocycles. The van der Waals surface area contributed by atoms with Crippen LogP contribution in [0, 0.1) is 11.8 Å². The molecule has 0 spiro atoms. The Morgan fingerprint density at radius 3 is 2.31 bits per heavy atom. The normalized spacial score (nSPS) is 23.8. The van der Waals surface area contributed by atoms with Crippen molar-refractivity contribution in [3.8, 4) is 0 Å². The third-order valence-electron chi connectivity index (χ3n) is 3.76. The van der Waals surface area contributed by atoms with Crippen molar-refractivity contribution in [1.82, 2.24) is 5.32 Å². The Labute approximate surface area is 97.3 Å². The van der Waals surface area contributed by atoms with Gasteiger partial charge in [-0.2, -0.15) is 0 Å². The third kappa shape index (κ3) is 3.11. The van der Waals surface area contributed by atoms with E-state index in [9.17, 15) is 0 Å². The van der Waals surface area contributed by atoms with Crippen molar-refractivity contribution in [1.29, 1.82) is 0 Å². The average Bonchev–Trinajstić information content (AvgIpc) is 3.16. The molecule has 92 valence electrons. The fraction of sp³-hybridized carbons (Fsp3) is 0.917. The van der Waals surface area contributed by atoms with Gasteiger partial charge in [0.05, 0.1) is 0 Å². The second kappa shape index (κ2) is 5.04. The summed E-state index contributed by atoms with van der Waals surface area (Å²) < 4.78 is 0. The molecule has 0 aliphatic heterocycles. The van der Waals surface area contributed by atoms with Crippen LogP contribution in [0.25, 0.3) is 0 Å². The summed E-state index contributed by atoms with van der Waals surface area (Å²) in [5.74, 6) is 2.13. The van der Waals surface area contributed by atoms with Crippen LogP contribution < -0.4 is 11.1 Å². The topological polar surface area (TPSA) is 70.6 Å². The zero-order chi connectivity index (χ0) is 11.5. The van der Waals surface area contributed by atoms with E-state index in [1.165, 1.54) is 25.7 Å². The first-order chi connectivity index (χ1) is 7.74. The number of oxime groups is 1. The molecule has 0 aromatic heterocycles. The number of nitrogens with one attached hydrogen (secondary N) is 1. The predicted octanol–water partition coefficient (Wildman–Crippen LogP) is 1.68. The predicted molar refractivity (Wildman–Crippen MR) is 64.5 cm³/mol. The van der Waals surface area contributed by atoms with E-state index < -0.39 is 0 Å². The van der Waals surface area contributed by atoms with Gasteiger partial charge in [0.25, 0.3) is 0 Å². The molecule has 0 bridgehead atoms. The molecule has 16 heavy (non-hydrogen) atoms. The number of nitrogens with zero attached hydrogens (tertiary/aromatic N) is 1. The Morgan fingerprint density at radius 2 is 1.94 bits per heavy atom. The lowest BCUT2D eigenvalue weighted by molar-refractivity contribution is 0.312. The van der Waals surface area contributed by atoms with E-state index in [0.29, 0.717) is 24.3 Å². The van der Waals surface area contributed by atoms with Crippen LogP contribution in [0.4, 0.5) is 0 Å². The van der Waals surface area contributed by atoms with Crippen molar-refractivity contribution in [2.45, 2.75) is 57.5 Å². The second-order valence-corrected chi connectivity index (χ2v) is 5.27. The van der Waals surface area contributed by atoms with Crippen LogP contribution in [0.3, 0.4) is 0 Å². The molecule has 2 aliphatic carbocycles. The average molecular weight is 225 g/mol. The molecule has 4 N–H and O–H groups in total. The lowest BCUT2D eigenvalue weighted by Gasteiger charge is -2.24. The Hall–Kier alpha value is -0.770. The number of nitrogens with two attached hydrogens (primary N) is 1. The summed E-state index contributed by atoms with van der Waals surface area (Å²) in [6, 6.07) is 1.05. The first-order valence-electron chi connectivity index (χ1n) is 6.47. The van der Waals surface area contributed by atoms with Gasteiger partial charge < -0.3 is 16.3 Å². The Kier molecular flexibility index (Phi) is 3.69. The summed E-state index contributed by atoms with van der Waals surface area (Å²) in [6.45, 7) is 2.15. The van der Waals surface area contributed by atoms with Crippen molar-refractivity contribution in [2.24, 2.45) is 22.7 Å². The molecular weight excluding hydrogens is 202 g/mol. The molecule has 1 unspecified atom stereocenters. The maximum Gasteiger partial charge on any atom is 0.140 e. The standard InChI is InChI=1S/C12H23N3O/c1-2-10(7-11(13)15-16)14-12(8-3-4-8)9-5-6-9/h8-10,12,14,16H,2-7H2,1H3,(H2,13,15). The molecule has 4 heteroatoms. The van der Waals surface area contributed by atoms with Crippen molar-refractivity contribution in [3.63, 3.8) is 0 Å². The van der Waals surface area contributed by atoms with Gasteiger partial charge in [-0.05, 0) is 43.9 Å². The fourth-order valence-corrected chi connectivity index (χ4v) is 2.45. The third-order valence-corrected chi connectivity index (χ3v) is 3.76. The fourth-order valence-electron chi connectivity index (χ4n) is 2.45. The highest BCUT2D eigenvalue weighted by atomic mass is 16.4. The van der Waals surface area contributed by atoms with E-state index in [1.807, 2.05) is 0 Å². The Morgan fingerprint density at radius 1 is 1.38 bits per heavy atom. The van der Waals surface area contributed by atoms with Crippen molar-refractivity contribution >= 4 is 5.84 Å². The monoisotopic (exact) mass is 225 g/mol.